The highest BCUT2D eigenvalue weighted by molar-refractivity contribution is 5.59. The molecule has 0 saturated heterocycles. The number of benzene rings is 2. The van der Waals surface area contributed by atoms with Crippen LogP contribution in [0.2, 0.25) is 0 Å². The van der Waals surface area contributed by atoms with Gasteiger partial charge in [0.1, 0.15) is 35.1 Å². The zero-order valence-corrected chi connectivity index (χ0v) is 15.5. The molecule has 2 aromatic carbocycles. The number of hydrogen-bond donors (Lipinski definition) is 3. The van der Waals surface area contributed by atoms with E-state index in [0.29, 0.717) is 11.5 Å². The third kappa shape index (κ3) is 3.64. The molecule has 2 unspecified atom stereocenters. The minimum absolute atomic E-state index is 0.0189. The lowest BCUT2D eigenvalue weighted by molar-refractivity contribution is 0.00743. The van der Waals surface area contributed by atoms with Gasteiger partial charge in [0, 0.05) is 29.5 Å². The lowest BCUT2D eigenvalue weighted by Crippen LogP contribution is -2.36. The van der Waals surface area contributed by atoms with Crippen LogP contribution in [0.15, 0.2) is 55.0 Å². The lowest BCUT2D eigenvalue weighted by Gasteiger charge is -2.35. The summed E-state index contributed by atoms with van der Waals surface area (Å²) < 4.78 is 28.2. The van der Waals surface area contributed by atoms with E-state index in [1.165, 1.54) is 12.4 Å². The summed E-state index contributed by atoms with van der Waals surface area (Å²) in [5.41, 5.74) is 0.459. The molecule has 0 aliphatic carbocycles. The van der Waals surface area contributed by atoms with Crippen LogP contribution in [0, 0.1) is 11.6 Å². The molecule has 3 N–H and O–H groups in total. The van der Waals surface area contributed by atoms with Crippen molar-refractivity contribution in [1.29, 1.82) is 0 Å². The van der Waals surface area contributed by atoms with Crippen molar-refractivity contribution in [3.8, 4) is 11.3 Å². The number of hydrogen-bond acceptors (Lipinski definition) is 5. The van der Waals surface area contributed by atoms with Gasteiger partial charge in [0.2, 0.25) is 0 Å². The number of H-pyrrole nitrogens is 2. The lowest BCUT2D eigenvalue weighted by atomic mass is 9.75. The molecule has 148 valence electrons. The van der Waals surface area contributed by atoms with Crippen molar-refractivity contribution >= 4 is 0 Å². The molecule has 4 rings (SSSR count). The maximum absolute atomic E-state index is 14.7. The van der Waals surface area contributed by atoms with Crippen LogP contribution in [0.5, 0.6) is 0 Å². The molecule has 7 nitrogen and oxygen atoms in total. The molecule has 0 radical (unpaired) electrons. The molecule has 0 aliphatic rings. The van der Waals surface area contributed by atoms with Gasteiger partial charge in [-0.3, -0.25) is 5.10 Å². The number of rotatable bonds is 6. The average Bonchev–Trinajstić information content (AvgIpc) is 3.41. The van der Waals surface area contributed by atoms with E-state index in [9.17, 15) is 13.9 Å². The molecule has 0 saturated carbocycles. The molecule has 2 heterocycles. The zero-order valence-electron chi connectivity index (χ0n) is 15.5. The van der Waals surface area contributed by atoms with E-state index in [2.05, 4.69) is 30.6 Å². The first-order chi connectivity index (χ1) is 14.0. The van der Waals surface area contributed by atoms with Gasteiger partial charge in [-0.25, -0.2) is 13.8 Å². The Kier molecular flexibility index (Phi) is 4.89. The Bertz CT molecular complexity index is 1100. The van der Waals surface area contributed by atoms with Crippen molar-refractivity contribution in [2.45, 2.75) is 24.9 Å². The predicted octanol–water partition coefficient (Wildman–Crippen LogP) is 3.10. The molecular formula is C20H18F2N6O. The summed E-state index contributed by atoms with van der Waals surface area (Å²) in [4.78, 5) is 4.06. The summed E-state index contributed by atoms with van der Waals surface area (Å²) in [5, 5.41) is 28.6. The molecule has 2 aromatic heterocycles. The number of halogens is 2. The van der Waals surface area contributed by atoms with Gasteiger partial charge in [-0.2, -0.15) is 20.5 Å². The van der Waals surface area contributed by atoms with Crippen molar-refractivity contribution in [1.82, 2.24) is 30.6 Å². The Balaban J connectivity index is 1.79. The standard InChI is InChI=1S/C20H18F2N6O/c1-12(13-3-2-4-14(7-13)18-10-24-28-26-18)20(29,9-19-23-11-25-27-19)16-6-5-15(21)8-17(16)22/h2-8,10-12,29H,9H2,1H3,(H,23,25,27)(H,24,26,28). The molecular weight excluding hydrogens is 378 g/mol. The van der Waals surface area contributed by atoms with Crippen LogP contribution in [0.3, 0.4) is 0 Å². The maximum atomic E-state index is 14.7. The molecule has 9 heteroatoms. The van der Waals surface area contributed by atoms with Gasteiger partial charge in [-0.15, -0.1) is 0 Å². The Morgan fingerprint density at radius 1 is 1.14 bits per heavy atom. The highest BCUT2D eigenvalue weighted by Crippen LogP contribution is 2.41. The van der Waals surface area contributed by atoms with Crippen LogP contribution in [0.1, 0.15) is 29.8 Å². The first-order valence-corrected chi connectivity index (χ1v) is 8.95. The fourth-order valence-electron chi connectivity index (χ4n) is 3.48. The summed E-state index contributed by atoms with van der Waals surface area (Å²) in [6.07, 6.45) is 2.86. The molecule has 29 heavy (non-hydrogen) atoms. The van der Waals surface area contributed by atoms with Gasteiger partial charge in [-0.1, -0.05) is 31.2 Å². The van der Waals surface area contributed by atoms with Crippen molar-refractivity contribution in [2.24, 2.45) is 0 Å². The van der Waals surface area contributed by atoms with Crippen LogP contribution < -0.4 is 0 Å². The van der Waals surface area contributed by atoms with E-state index in [-0.39, 0.29) is 12.0 Å². The van der Waals surface area contributed by atoms with Crippen LogP contribution in [0.4, 0.5) is 8.78 Å². The van der Waals surface area contributed by atoms with Crippen LogP contribution in [0.25, 0.3) is 11.3 Å². The van der Waals surface area contributed by atoms with Crippen molar-refractivity contribution in [3.05, 3.63) is 83.6 Å². The SMILES string of the molecule is CC(c1cccc(-c2cn[nH]n2)c1)C(O)(Cc1ncn[nH]1)c1ccc(F)cc1F. The largest absolute Gasteiger partial charge is 0.384 e. The Morgan fingerprint density at radius 2 is 2.00 bits per heavy atom. The number of aromatic amines is 2. The molecule has 0 bridgehead atoms. The zero-order chi connectivity index (χ0) is 20.4. The molecule has 0 aliphatic heterocycles. The van der Waals surface area contributed by atoms with E-state index >= 15 is 0 Å². The van der Waals surface area contributed by atoms with E-state index in [0.717, 1.165) is 23.3 Å². The fraction of sp³-hybridized carbons (Fsp3) is 0.200. The van der Waals surface area contributed by atoms with Gasteiger partial charge in [0.25, 0.3) is 0 Å². The maximum Gasteiger partial charge on any atom is 0.137 e. The molecule has 2 atom stereocenters. The normalized spacial score (nSPS) is 14.5. The average molecular weight is 396 g/mol. The minimum atomic E-state index is -1.71. The number of nitrogens with zero attached hydrogens (tertiary/aromatic N) is 4. The van der Waals surface area contributed by atoms with Crippen LogP contribution in [-0.4, -0.2) is 35.7 Å². The summed E-state index contributed by atoms with van der Waals surface area (Å²) in [6.45, 7) is 1.78. The highest BCUT2D eigenvalue weighted by atomic mass is 19.1. The molecule has 0 spiro atoms. The molecule has 0 fully saturated rings. The van der Waals surface area contributed by atoms with Gasteiger partial charge in [-0.05, 0) is 17.7 Å². The fourth-order valence-corrected chi connectivity index (χ4v) is 3.48. The Labute approximate surface area is 164 Å². The van der Waals surface area contributed by atoms with E-state index in [1.54, 1.807) is 13.1 Å². The van der Waals surface area contributed by atoms with Gasteiger partial charge < -0.3 is 5.11 Å². The second kappa shape index (κ2) is 7.51. The number of nitrogens with one attached hydrogen (secondary N) is 2. The van der Waals surface area contributed by atoms with Gasteiger partial charge in [0.05, 0.1) is 6.20 Å². The monoisotopic (exact) mass is 396 g/mol. The van der Waals surface area contributed by atoms with Gasteiger partial charge in [0.15, 0.2) is 0 Å². The van der Waals surface area contributed by atoms with Gasteiger partial charge >= 0.3 is 0 Å². The predicted molar refractivity (Wildman–Crippen MR) is 101 cm³/mol. The summed E-state index contributed by atoms with van der Waals surface area (Å²) in [6, 6.07) is 10.5. The third-order valence-electron chi connectivity index (χ3n) is 5.11. The molecule has 4 aromatic rings. The second-order valence-corrected chi connectivity index (χ2v) is 6.86. The van der Waals surface area contributed by atoms with Crippen molar-refractivity contribution < 1.29 is 13.9 Å². The van der Waals surface area contributed by atoms with E-state index in [1.807, 2.05) is 24.3 Å². The highest BCUT2D eigenvalue weighted by Gasteiger charge is 2.40. The number of aliphatic hydroxyl groups is 1. The number of aromatic nitrogens is 6. The Hall–Kier alpha value is -3.46. The summed E-state index contributed by atoms with van der Waals surface area (Å²) in [7, 11) is 0. The third-order valence-corrected chi connectivity index (χ3v) is 5.11. The smallest absolute Gasteiger partial charge is 0.137 e. The Morgan fingerprint density at radius 3 is 2.69 bits per heavy atom. The first kappa shape index (κ1) is 18.9. The molecule has 0 amide bonds. The van der Waals surface area contributed by atoms with E-state index in [4.69, 9.17) is 0 Å². The summed E-state index contributed by atoms with van der Waals surface area (Å²) in [5.74, 6) is -1.73. The van der Waals surface area contributed by atoms with Crippen molar-refractivity contribution in [2.75, 3.05) is 0 Å². The second-order valence-electron chi connectivity index (χ2n) is 6.86. The van der Waals surface area contributed by atoms with Crippen molar-refractivity contribution in [3.63, 3.8) is 0 Å². The quantitative estimate of drug-likeness (QED) is 0.465. The van der Waals surface area contributed by atoms with Crippen LogP contribution in [-0.2, 0) is 12.0 Å². The summed E-state index contributed by atoms with van der Waals surface area (Å²) >= 11 is 0. The first-order valence-electron chi connectivity index (χ1n) is 8.95. The topological polar surface area (TPSA) is 103 Å². The minimum Gasteiger partial charge on any atom is -0.384 e. The van der Waals surface area contributed by atoms with Crippen LogP contribution >= 0.6 is 0 Å². The van der Waals surface area contributed by atoms with E-state index < -0.39 is 23.2 Å².